The zero-order chi connectivity index (χ0) is 14.7. The van der Waals surface area contributed by atoms with Crippen molar-refractivity contribution in [1.29, 1.82) is 0 Å². The molecule has 1 aromatic carbocycles. The molecule has 0 fully saturated rings. The van der Waals surface area contributed by atoms with Crippen LogP contribution in [0.15, 0.2) is 33.5 Å². The van der Waals surface area contributed by atoms with Crippen LogP contribution in [-0.4, -0.2) is 23.7 Å². The number of aromatic nitrogens is 2. The standard InChI is InChI=1S/C12H8Br2F2N2O2/c1-19-7-3-2-6(4-8(7)20-12(15)16)11-17-9(13)5-10(14)18-11/h2-5,12H,1H3. The molecular weight excluding hydrogens is 402 g/mol. The molecule has 20 heavy (non-hydrogen) atoms. The molecule has 2 rings (SSSR count). The van der Waals surface area contributed by atoms with Gasteiger partial charge in [0.25, 0.3) is 0 Å². The van der Waals surface area contributed by atoms with E-state index in [1.165, 1.54) is 19.2 Å². The molecule has 0 saturated carbocycles. The lowest BCUT2D eigenvalue weighted by Crippen LogP contribution is -2.04. The van der Waals surface area contributed by atoms with Crippen LogP contribution in [0.1, 0.15) is 0 Å². The summed E-state index contributed by atoms with van der Waals surface area (Å²) < 4.78 is 35.3. The van der Waals surface area contributed by atoms with Crippen molar-refractivity contribution in [3.63, 3.8) is 0 Å². The lowest BCUT2D eigenvalue weighted by atomic mass is 10.2. The van der Waals surface area contributed by atoms with E-state index < -0.39 is 6.61 Å². The predicted octanol–water partition coefficient (Wildman–Crippen LogP) is 4.28. The first kappa shape index (κ1) is 15.1. The van der Waals surface area contributed by atoms with E-state index in [4.69, 9.17) is 4.74 Å². The van der Waals surface area contributed by atoms with Crippen LogP contribution in [-0.2, 0) is 0 Å². The van der Waals surface area contributed by atoms with Gasteiger partial charge in [0.1, 0.15) is 9.21 Å². The molecule has 0 bridgehead atoms. The Morgan fingerprint density at radius 3 is 2.25 bits per heavy atom. The van der Waals surface area contributed by atoms with Gasteiger partial charge in [0.05, 0.1) is 7.11 Å². The minimum atomic E-state index is -2.94. The molecule has 0 N–H and O–H groups in total. The molecular formula is C12H8Br2F2N2O2. The third-order valence-electron chi connectivity index (χ3n) is 2.30. The van der Waals surface area contributed by atoms with Crippen LogP contribution in [0.4, 0.5) is 8.78 Å². The average molecular weight is 410 g/mol. The van der Waals surface area contributed by atoms with E-state index in [0.717, 1.165) is 0 Å². The highest BCUT2D eigenvalue weighted by Gasteiger charge is 2.13. The quantitative estimate of drug-likeness (QED) is 0.707. The number of benzene rings is 1. The molecule has 4 nitrogen and oxygen atoms in total. The van der Waals surface area contributed by atoms with Crippen molar-refractivity contribution < 1.29 is 18.3 Å². The number of hydrogen-bond donors (Lipinski definition) is 0. The highest BCUT2D eigenvalue weighted by molar-refractivity contribution is 9.11. The van der Waals surface area contributed by atoms with Gasteiger partial charge < -0.3 is 9.47 Å². The third-order valence-corrected chi connectivity index (χ3v) is 3.11. The Labute approximate surface area is 130 Å². The third kappa shape index (κ3) is 3.63. The van der Waals surface area contributed by atoms with Gasteiger partial charge in [-0.3, -0.25) is 0 Å². The van der Waals surface area contributed by atoms with Crippen LogP contribution >= 0.6 is 31.9 Å². The number of alkyl halides is 2. The number of hydrogen-bond acceptors (Lipinski definition) is 4. The molecule has 0 spiro atoms. The van der Waals surface area contributed by atoms with Crippen molar-refractivity contribution in [3.05, 3.63) is 33.5 Å². The second-order valence-electron chi connectivity index (χ2n) is 3.58. The number of nitrogens with zero attached hydrogens (tertiary/aromatic N) is 2. The van der Waals surface area contributed by atoms with Gasteiger partial charge in [-0.2, -0.15) is 8.78 Å². The molecule has 0 amide bonds. The van der Waals surface area contributed by atoms with Crippen molar-refractivity contribution in [2.24, 2.45) is 0 Å². The van der Waals surface area contributed by atoms with Crippen molar-refractivity contribution in [1.82, 2.24) is 9.97 Å². The van der Waals surface area contributed by atoms with Gasteiger partial charge >= 0.3 is 6.61 Å². The first-order chi connectivity index (χ1) is 9.49. The van der Waals surface area contributed by atoms with Gasteiger partial charge in [0.2, 0.25) is 0 Å². The van der Waals surface area contributed by atoms with Crippen LogP contribution in [0.2, 0.25) is 0 Å². The lowest BCUT2D eigenvalue weighted by Gasteiger charge is -2.11. The number of rotatable bonds is 4. The van der Waals surface area contributed by atoms with Gasteiger partial charge in [0.15, 0.2) is 17.3 Å². The van der Waals surface area contributed by atoms with Gasteiger partial charge in [-0.15, -0.1) is 0 Å². The Kier molecular flexibility index (Phi) is 4.87. The maximum Gasteiger partial charge on any atom is 0.387 e. The molecule has 0 aliphatic heterocycles. The first-order valence-corrected chi connectivity index (χ1v) is 6.91. The fraction of sp³-hybridized carbons (Fsp3) is 0.167. The Morgan fingerprint density at radius 2 is 1.70 bits per heavy atom. The van der Waals surface area contributed by atoms with E-state index in [2.05, 4.69) is 46.6 Å². The second kappa shape index (κ2) is 6.45. The molecule has 8 heteroatoms. The number of ether oxygens (including phenoxy) is 2. The second-order valence-corrected chi connectivity index (χ2v) is 5.21. The fourth-order valence-corrected chi connectivity index (χ4v) is 2.60. The van der Waals surface area contributed by atoms with Gasteiger partial charge in [-0.25, -0.2) is 9.97 Å². The molecule has 0 atom stereocenters. The Balaban J connectivity index is 2.46. The molecule has 0 aliphatic carbocycles. The highest BCUT2D eigenvalue weighted by atomic mass is 79.9. The Morgan fingerprint density at radius 1 is 1.05 bits per heavy atom. The van der Waals surface area contributed by atoms with E-state index in [0.29, 0.717) is 20.6 Å². The van der Waals surface area contributed by atoms with Crippen molar-refractivity contribution in [2.45, 2.75) is 6.61 Å². The monoisotopic (exact) mass is 408 g/mol. The smallest absolute Gasteiger partial charge is 0.387 e. The number of halogens is 4. The molecule has 0 radical (unpaired) electrons. The summed E-state index contributed by atoms with van der Waals surface area (Å²) in [5, 5.41) is 0. The normalized spacial score (nSPS) is 10.7. The predicted molar refractivity (Wildman–Crippen MR) is 76.1 cm³/mol. The minimum absolute atomic E-state index is 0.0697. The largest absolute Gasteiger partial charge is 0.493 e. The maximum atomic E-state index is 12.4. The van der Waals surface area contributed by atoms with Crippen molar-refractivity contribution >= 4 is 31.9 Å². The van der Waals surface area contributed by atoms with E-state index in [1.54, 1.807) is 12.1 Å². The number of methoxy groups -OCH3 is 1. The van der Waals surface area contributed by atoms with Gasteiger partial charge in [-0.1, -0.05) is 0 Å². The van der Waals surface area contributed by atoms with Crippen LogP contribution in [0.25, 0.3) is 11.4 Å². The van der Waals surface area contributed by atoms with Crippen LogP contribution in [0.5, 0.6) is 11.5 Å². The summed E-state index contributed by atoms with van der Waals surface area (Å²) in [6, 6.07) is 6.25. The zero-order valence-electron chi connectivity index (χ0n) is 10.1. The minimum Gasteiger partial charge on any atom is -0.493 e. The molecule has 0 aliphatic rings. The van der Waals surface area contributed by atoms with Gasteiger partial charge in [-0.05, 0) is 50.1 Å². The first-order valence-electron chi connectivity index (χ1n) is 5.33. The summed E-state index contributed by atoms with van der Waals surface area (Å²) in [4.78, 5) is 8.34. The Hall–Kier alpha value is -1.28. The molecule has 0 saturated heterocycles. The highest BCUT2D eigenvalue weighted by Crippen LogP contribution is 2.33. The van der Waals surface area contributed by atoms with E-state index in [1.807, 2.05) is 0 Å². The summed E-state index contributed by atoms with van der Waals surface area (Å²) in [6.07, 6.45) is 0. The molecule has 1 heterocycles. The summed E-state index contributed by atoms with van der Waals surface area (Å²) in [5.41, 5.74) is 0.531. The van der Waals surface area contributed by atoms with Gasteiger partial charge in [0, 0.05) is 11.6 Å². The molecule has 2 aromatic rings. The van der Waals surface area contributed by atoms with E-state index in [9.17, 15) is 8.78 Å². The zero-order valence-corrected chi connectivity index (χ0v) is 13.3. The van der Waals surface area contributed by atoms with Crippen LogP contribution in [0, 0.1) is 0 Å². The summed E-state index contributed by atoms with van der Waals surface area (Å²) in [5.74, 6) is 0.510. The summed E-state index contributed by atoms with van der Waals surface area (Å²) in [7, 11) is 1.37. The lowest BCUT2D eigenvalue weighted by molar-refractivity contribution is -0.0511. The average Bonchev–Trinajstić information content (AvgIpc) is 2.36. The van der Waals surface area contributed by atoms with Crippen LogP contribution < -0.4 is 9.47 Å². The molecule has 106 valence electrons. The fourth-order valence-electron chi connectivity index (χ4n) is 1.52. The van der Waals surface area contributed by atoms with E-state index >= 15 is 0 Å². The van der Waals surface area contributed by atoms with Crippen molar-refractivity contribution in [2.75, 3.05) is 7.11 Å². The summed E-state index contributed by atoms with van der Waals surface area (Å²) >= 11 is 6.48. The van der Waals surface area contributed by atoms with Crippen LogP contribution in [0.3, 0.4) is 0 Å². The van der Waals surface area contributed by atoms with E-state index in [-0.39, 0.29) is 11.5 Å². The molecule has 1 aromatic heterocycles. The SMILES string of the molecule is COc1ccc(-c2nc(Br)cc(Br)n2)cc1OC(F)F. The topological polar surface area (TPSA) is 44.2 Å². The van der Waals surface area contributed by atoms with Crippen molar-refractivity contribution in [3.8, 4) is 22.9 Å². The summed E-state index contributed by atoms with van der Waals surface area (Å²) in [6.45, 7) is -2.94. The molecule has 0 unspecified atom stereocenters. The Bertz CT molecular complexity index is 606. The maximum absolute atomic E-state index is 12.4.